The van der Waals surface area contributed by atoms with E-state index in [0.717, 1.165) is 50.0 Å². The van der Waals surface area contributed by atoms with Crippen molar-refractivity contribution in [3.8, 4) is 0 Å². The van der Waals surface area contributed by atoms with Crippen molar-refractivity contribution >= 4 is 5.78 Å². The minimum Gasteiger partial charge on any atom is -0.349 e. The molecule has 0 radical (unpaired) electrons. The molecule has 0 aromatic heterocycles. The van der Waals surface area contributed by atoms with Crippen LogP contribution in [0.5, 0.6) is 0 Å². The first-order valence-electron chi connectivity index (χ1n) is 13.1. The van der Waals surface area contributed by atoms with Crippen molar-refractivity contribution in [1.29, 1.82) is 0 Å². The van der Waals surface area contributed by atoms with E-state index in [0.29, 0.717) is 46.4 Å². The maximum Gasteiger partial charge on any atom is 0.171 e. The van der Waals surface area contributed by atoms with E-state index in [9.17, 15) is 4.79 Å². The molecule has 2 saturated heterocycles. The molecule has 1 spiro atoms. The second-order valence-corrected chi connectivity index (χ2v) is 12.9. The van der Waals surface area contributed by atoms with Crippen LogP contribution in [0.15, 0.2) is 0 Å². The zero-order chi connectivity index (χ0) is 20.9. The molecule has 6 rings (SSSR count). The summed E-state index contributed by atoms with van der Waals surface area (Å²) in [4.78, 5) is 12.2. The molecule has 4 saturated carbocycles. The summed E-state index contributed by atoms with van der Waals surface area (Å²) in [7, 11) is 0. The summed E-state index contributed by atoms with van der Waals surface area (Å²) < 4.78 is 13.4. The van der Waals surface area contributed by atoms with Crippen molar-refractivity contribution in [2.45, 2.75) is 104 Å². The Kier molecular flexibility index (Phi) is 4.42. The van der Waals surface area contributed by atoms with E-state index in [4.69, 9.17) is 9.47 Å². The van der Waals surface area contributed by atoms with Gasteiger partial charge in [-0.1, -0.05) is 27.7 Å². The van der Waals surface area contributed by atoms with Gasteiger partial charge in [0.05, 0.1) is 12.7 Å². The average molecular weight is 415 g/mol. The highest BCUT2D eigenvalue weighted by atomic mass is 16.7. The Morgan fingerprint density at radius 2 is 1.77 bits per heavy atom. The Hall–Kier alpha value is -0.410. The normalized spacial score (nSPS) is 60.1. The second-order valence-electron chi connectivity index (χ2n) is 12.9. The van der Waals surface area contributed by atoms with Crippen molar-refractivity contribution in [2.75, 3.05) is 6.61 Å². The topological polar surface area (TPSA) is 35.5 Å². The maximum absolute atomic E-state index is 12.2. The van der Waals surface area contributed by atoms with Crippen LogP contribution in [0.1, 0.15) is 91.9 Å². The van der Waals surface area contributed by atoms with Gasteiger partial charge in [0.2, 0.25) is 0 Å². The van der Waals surface area contributed by atoms with Crippen LogP contribution in [0, 0.1) is 52.3 Å². The van der Waals surface area contributed by atoms with Gasteiger partial charge in [-0.05, 0) is 91.3 Å². The van der Waals surface area contributed by atoms with Crippen LogP contribution in [0.4, 0.5) is 0 Å². The van der Waals surface area contributed by atoms with Crippen molar-refractivity contribution in [3.63, 3.8) is 0 Å². The smallest absolute Gasteiger partial charge is 0.171 e. The van der Waals surface area contributed by atoms with Crippen LogP contribution in [-0.4, -0.2) is 24.3 Å². The van der Waals surface area contributed by atoms with Gasteiger partial charge >= 0.3 is 0 Å². The minimum atomic E-state index is -0.292. The molecular weight excluding hydrogens is 372 g/mol. The van der Waals surface area contributed by atoms with Crippen molar-refractivity contribution in [2.24, 2.45) is 52.3 Å². The van der Waals surface area contributed by atoms with Gasteiger partial charge in [0.25, 0.3) is 0 Å². The molecule has 6 fully saturated rings. The Labute approximate surface area is 183 Å². The highest BCUT2D eigenvalue weighted by molar-refractivity contribution is 5.79. The lowest BCUT2D eigenvalue weighted by atomic mass is 9.44. The fourth-order valence-corrected chi connectivity index (χ4v) is 10.1. The van der Waals surface area contributed by atoms with Crippen LogP contribution < -0.4 is 0 Å². The van der Waals surface area contributed by atoms with Gasteiger partial charge in [0.1, 0.15) is 5.78 Å². The Balaban J connectivity index is 1.26. The Morgan fingerprint density at radius 1 is 0.933 bits per heavy atom. The zero-order valence-electron chi connectivity index (χ0n) is 19.6. The highest BCUT2D eigenvalue weighted by Gasteiger charge is 2.69. The van der Waals surface area contributed by atoms with Gasteiger partial charge in [-0.3, -0.25) is 4.79 Å². The lowest BCUT2D eigenvalue weighted by Crippen LogP contribution is -2.54. The molecule has 3 heteroatoms. The van der Waals surface area contributed by atoms with Crippen LogP contribution in [-0.2, 0) is 14.3 Å². The van der Waals surface area contributed by atoms with E-state index >= 15 is 0 Å². The maximum atomic E-state index is 12.2. The fourth-order valence-electron chi connectivity index (χ4n) is 10.1. The second kappa shape index (κ2) is 6.56. The molecule has 0 amide bonds. The van der Waals surface area contributed by atoms with Gasteiger partial charge in [-0.2, -0.15) is 0 Å². The summed E-state index contributed by atoms with van der Waals surface area (Å²) >= 11 is 0. The molecule has 0 aromatic rings. The molecule has 3 nitrogen and oxygen atoms in total. The standard InChI is InChI=1S/C27H42O3/c1-16-7-12-27(29-15-16)17(2)24-23(30-27)14-22-20-6-5-18-13-19(28)8-10-25(18,3)21(20)9-11-26(22,24)4/h16-18,20-24H,5-15H2,1-4H3/t16-,17?,18?,20?,21?,22?,23?,24?,25-,26-,27?/m0/s1. The molecule has 11 atom stereocenters. The van der Waals surface area contributed by atoms with Crippen molar-refractivity contribution < 1.29 is 14.3 Å². The molecule has 6 aliphatic rings. The Morgan fingerprint density at radius 3 is 2.53 bits per heavy atom. The summed E-state index contributed by atoms with van der Waals surface area (Å²) in [6.07, 6.45) is 12.2. The van der Waals surface area contributed by atoms with Gasteiger partial charge in [-0.15, -0.1) is 0 Å². The predicted molar refractivity (Wildman–Crippen MR) is 117 cm³/mol. The monoisotopic (exact) mass is 414 g/mol. The molecule has 8 unspecified atom stereocenters. The highest BCUT2D eigenvalue weighted by Crippen LogP contribution is 2.71. The molecule has 168 valence electrons. The number of carbonyl (C=O) groups excluding carboxylic acids is 1. The van der Waals surface area contributed by atoms with Gasteiger partial charge in [-0.25, -0.2) is 0 Å². The fraction of sp³-hybridized carbons (Fsp3) is 0.963. The lowest BCUT2D eigenvalue weighted by Gasteiger charge is -2.60. The summed E-state index contributed by atoms with van der Waals surface area (Å²) in [5.41, 5.74) is 0.820. The van der Waals surface area contributed by atoms with Crippen molar-refractivity contribution in [3.05, 3.63) is 0 Å². The van der Waals surface area contributed by atoms with E-state index < -0.39 is 0 Å². The molecule has 30 heavy (non-hydrogen) atoms. The molecule has 4 aliphatic carbocycles. The average Bonchev–Trinajstić information content (AvgIpc) is 3.16. The molecular formula is C27H42O3. The number of hydrogen-bond donors (Lipinski definition) is 0. The van der Waals surface area contributed by atoms with E-state index in [1.807, 2.05) is 0 Å². The third-order valence-corrected chi connectivity index (χ3v) is 11.7. The van der Waals surface area contributed by atoms with Crippen LogP contribution in [0.3, 0.4) is 0 Å². The molecule has 2 heterocycles. The van der Waals surface area contributed by atoms with E-state index in [2.05, 4.69) is 27.7 Å². The predicted octanol–water partition coefficient (Wildman–Crippen LogP) is 6.00. The van der Waals surface area contributed by atoms with Crippen LogP contribution in [0.25, 0.3) is 0 Å². The van der Waals surface area contributed by atoms with Crippen LogP contribution >= 0.6 is 0 Å². The Bertz CT molecular complexity index is 724. The van der Waals surface area contributed by atoms with E-state index in [-0.39, 0.29) is 5.79 Å². The first-order chi connectivity index (χ1) is 14.3. The van der Waals surface area contributed by atoms with E-state index in [1.165, 1.54) is 38.5 Å². The number of fused-ring (bicyclic) bond motifs is 7. The molecule has 0 N–H and O–H groups in total. The van der Waals surface area contributed by atoms with Crippen molar-refractivity contribution in [1.82, 2.24) is 0 Å². The summed E-state index contributed by atoms with van der Waals surface area (Å²) in [6.45, 7) is 10.8. The quantitative estimate of drug-likeness (QED) is 0.487. The summed E-state index contributed by atoms with van der Waals surface area (Å²) in [5, 5.41) is 0. The van der Waals surface area contributed by atoms with E-state index in [1.54, 1.807) is 0 Å². The molecule has 2 aliphatic heterocycles. The first kappa shape index (κ1) is 20.2. The van der Waals surface area contributed by atoms with Gasteiger partial charge in [0.15, 0.2) is 5.79 Å². The molecule has 0 bridgehead atoms. The SMILES string of the molecule is CC1C2C(CC3C4CCC5CC(=O)CC[C@]5(C)C4CC[C@@]32C)OC12CC[C@H](C)CO2. The third kappa shape index (κ3) is 2.54. The summed E-state index contributed by atoms with van der Waals surface area (Å²) in [6, 6.07) is 0. The van der Waals surface area contributed by atoms with Gasteiger partial charge < -0.3 is 9.47 Å². The zero-order valence-corrected chi connectivity index (χ0v) is 19.6. The molecule has 0 aromatic carbocycles. The minimum absolute atomic E-state index is 0.292. The van der Waals surface area contributed by atoms with Crippen LogP contribution in [0.2, 0.25) is 0 Å². The number of ether oxygens (including phenoxy) is 2. The lowest BCUT2D eigenvalue weighted by molar-refractivity contribution is -0.273. The first-order valence-corrected chi connectivity index (χ1v) is 13.1. The third-order valence-electron chi connectivity index (χ3n) is 11.7. The number of ketones is 1. The number of hydrogen-bond acceptors (Lipinski definition) is 3. The number of rotatable bonds is 0. The largest absolute Gasteiger partial charge is 0.349 e. The van der Waals surface area contributed by atoms with Gasteiger partial charge in [0, 0.05) is 25.2 Å². The number of carbonyl (C=O) groups is 1. The summed E-state index contributed by atoms with van der Waals surface area (Å²) in [5.74, 6) is 5.23. The number of Topliss-reactive ketones (excluding diaryl/α,β-unsaturated/α-hetero) is 1.